The number of amides is 1. The van der Waals surface area contributed by atoms with E-state index < -0.39 is 0 Å². The maximum atomic E-state index is 12.6. The minimum atomic E-state index is -0.104. The van der Waals surface area contributed by atoms with Gasteiger partial charge in [0.15, 0.2) is 0 Å². The van der Waals surface area contributed by atoms with Crippen molar-refractivity contribution in [3.63, 3.8) is 0 Å². The van der Waals surface area contributed by atoms with Gasteiger partial charge in [0.25, 0.3) is 0 Å². The minimum absolute atomic E-state index is 0.104. The molecule has 0 aliphatic carbocycles. The molecule has 1 aliphatic rings. The molecule has 0 atom stereocenters. The highest BCUT2D eigenvalue weighted by Crippen LogP contribution is 2.45. The van der Waals surface area contributed by atoms with Crippen LogP contribution < -0.4 is 5.32 Å². The van der Waals surface area contributed by atoms with Crippen LogP contribution in [-0.4, -0.2) is 29.4 Å². The van der Waals surface area contributed by atoms with Crippen LogP contribution in [0.3, 0.4) is 0 Å². The van der Waals surface area contributed by atoms with Crippen molar-refractivity contribution in [1.29, 1.82) is 0 Å². The maximum Gasteiger partial charge on any atom is 0.249 e. The molecule has 29 heavy (non-hydrogen) atoms. The summed E-state index contributed by atoms with van der Waals surface area (Å²) in [4.78, 5) is 22.2. The Labute approximate surface area is 181 Å². The van der Waals surface area contributed by atoms with E-state index in [2.05, 4.69) is 23.3 Å². The lowest BCUT2D eigenvalue weighted by atomic mass is 10.0. The molecule has 0 bridgehead atoms. The van der Waals surface area contributed by atoms with E-state index in [9.17, 15) is 4.79 Å². The number of benzene rings is 1. The number of anilines is 1. The zero-order valence-electron chi connectivity index (χ0n) is 15.8. The molecule has 1 amide bonds. The second-order valence-electron chi connectivity index (χ2n) is 7.02. The molecule has 0 saturated heterocycles. The van der Waals surface area contributed by atoms with Gasteiger partial charge in [-0.05, 0) is 48.7 Å². The number of rotatable bonds is 4. The predicted octanol–water partition coefficient (Wildman–Crippen LogP) is 5.73. The van der Waals surface area contributed by atoms with E-state index in [0.717, 1.165) is 45.5 Å². The summed E-state index contributed by atoms with van der Waals surface area (Å²) in [5, 5.41) is 7.04. The molecule has 7 heteroatoms. The minimum Gasteiger partial charge on any atom is -0.313 e. The summed E-state index contributed by atoms with van der Waals surface area (Å²) in [5.41, 5.74) is 3.46. The van der Waals surface area contributed by atoms with Gasteiger partial charge in [-0.3, -0.25) is 4.79 Å². The highest BCUT2D eigenvalue weighted by molar-refractivity contribution is 7.23. The number of carbonyl (C=O) groups is 1. The van der Waals surface area contributed by atoms with Crippen molar-refractivity contribution in [3.8, 4) is 10.6 Å². The molecule has 0 saturated carbocycles. The van der Waals surface area contributed by atoms with Gasteiger partial charge in [0.2, 0.25) is 5.91 Å². The zero-order valence-corrected chi connectivity index (χ0v) is 18.3. The number of likely N-dealkylation sites (N-methyl/N-ethyl adjacent to an activating group) is 1. The van der Waals surface area contributed by atoms with Gasteiger partial charge in [0, 0.05) is 34.5 Å². The lowest BCUT2D eigenvalue weighted by molar-refractivity contribution is -0.111. The average molecular weight is 438 g/mol. The van der Waals surface area contributed by atoms with Gasteiger partial charge in [-0.1, -0.05) is 18.2 Å². The van der Waals surface area contributed by atoms with E-state index in [1.54, 1.807) is 40.1 Å². The number of thiazole rings is 1. The van der Waals surface area contributed by atoms with Crippen LogP contribution in [0.15, 0.2) is 47.9 Å². The molecular formula is C22H19N3OS3. The van der Waals surface area contributed by atoms with E-state index in [1.165, 1.54) is 15.1 Å². The van der Waals surface area contributed by atoms with Crippen LogP contribution >= 0.6 is 34.0 Å². The van der Waals surface area contributed by atoms with Crippen LogP contribution in [0.1, 0.15) is 15.3 Å². The number of para-hydroxylation sites is 1. The number of aromatic nitrogens is 1. The summed E-state index contributed by atoms with van der Waals surface area (Å²) < 4.78 is 1.17. The number of hydrogen-bond donors (Lipinski definition) is 1. The monoisotopic (exact) mass is 437 g/mol. The smallest absolute Gasteiger partial charge is 0.249 e. The van der Waals surface area contributed by atoms with Crippen LogP contribution in [0.2, 0.25) is 0 Å². The number of nitrogens with one attached hydrogen (secondary N) is 1. The Morgan fingerprint density at radius 1 is 1.21 bits per heavy atom. The number of thiophene rings is 2. The Balaban J connectivity index is 1.53. The molecule has 1 aliphatic heterocycles. The summed E-state index contributed by atoms with van der Waals surface area (Å²) in [7, 11) is 2.14. The standard InChI is InChI=1S/C22H19N3OS3/c1-25-11-10-15-18(13-25)29-22(24-19(26)9-8-14-5-4-12-27-14)20(15)21-23-16-6-2-3-7-17(16)28-21/h2-9,12H,10-11,13H2,1H3,(H,24,26). The average Bonchev–Trinajstić information content (AvgIpc) is 3.43. The van der Waals surface area contributed by atoms with Crippen LogP contribution in [0.5, 0.6) is 0 Å². The maximum absolute atomic E-state index is 12.6. The van der Waals surface area contributed by atoms with Crippen molar-refractivity contribution in [3.05, 3.63) is 63.2 Å². The van der Waals surface area contributed by atoms with Crippen LogP contribution in [0.25, 0.3) is 26.9 Å². The lowest BCUT2D eigenvalue weighted by Crippen LogP contribution is -2.25. The van der Waals surface area contributed by atoms with Crippen molar-refractivity contribution in [2.45, 2.75) is 13.0 Å². The van der Waals surface area contributed by atoms with Gasteiger partial charge < -0.3 is 10.2 Å². The quantitative estimate of drug-likeness (QED) is 0.415. The van der Waals surface area contributed by atoms with Crippen molar-refractivity contribution in [2.75, 3.05) is 18.9 Å². The first kappa shape index (κ1) is 18.7. The summed E-state index contributed by atoms with van der Waals surface area (Å²) in [5.74, 6) is -0.104. The summed E-state index contributed by atoms with van der Waals surface area (Å²) >= 11 is 5.00. The van der Waals surface area contributed by atoms with E-state index in [1.807, 2.05) is 41.8 Å². The van der Waals surface area contributed by atoms with Crippen molar-refractivity contribution in [1.82, 2.24) is 9.88 Å². The largest absolute Gasteiger partial charge is 0.313 e. The molecule has 4 nitrogen and oxygen atoms in total. The SMILES string of the molecule is CN1CCc2c(sc(NC(=O)C=Cc3cccs3)c2-c2nc3ccccc3s2)C1. The normalized spacial score (nSPS) is 14.5. The Hall–Kier alpha value is -2.32. The molecule has 0 fully saturated rings. The Kier molecular flexibility index (Phi) is 5.05. The van der Waals surface area contributed by atoms with E-state index >= 15 is 0 Å². The number of carbonyl (C=O) groups excluding carboxylic acids is 1. The number of nitrogens with zero attached hydrogens (tertiary/aromatic N) is 2. The molecule has 1 N–H and O–H groups in total. The van der Waals surface area contributed by atoms with Gasteiger partial charge in [-0.25, -0.2) is 4.98 Å². The Morgan fingerprint density at radius 3 is 2.93 bits per heavy atom. The molecule has 3 aromatic heterocycles. The zero-order chi connectivity index (χ0) is 19.8. The second kappa shape index (κ2) is 7.84. The molecule has 4 heterocycles. The van der Waals surface area contributed by atoms with Crippen molar-refractivity contribution < 1.29 is 4.79 Å². The third-order valence-corrected chi connectivity index (χ3v) is 7.96. The molecule has 0 radical (unpaired) electrons. The topological polar surface area (TPSA) is 45.2 Å². The van der Waals surface area contributed by atoms with Crippen LogP contribution in [0.4, 0.5) is 5.00 Å². The van der Waals surface area contributed by atoms with Crippen LogP contribution in [-0.2, 0) is 17.8 Å². The molecule has 146 valence electrons. The summed E-state index contributed by atoms with van der Waals surface area (Å²) in [6.07, 6.45) is 4.45. The third kappa shape index (κ3) is 3.79. The third-order valence-electron chi connectivity index (χ3n) is 4.93. The first-order valence-corrected chi connectivity index (χ1v) is 11.9. The molecular weight excluding hydrogens is 418 g/mol. The number of hydrogen-bond acceptors (Lipinski definition) is 6. The molecule has 1 aromatic carbocycles. The van der Waals surface area contributed by atoms with Gasteiger partial charge in [0.05, 0.1) is 10.2 Å². The fraction of sp³-hybridized carbons (Fsp3) is 0.182. The molecule has 5 rings (SSSR count). The fourth-order valence-corrected chi connectivity index (χ4v) is 6.58. The van der Waals surface area contributed by atoms with Crippen LogP contribution in [0, 0.1) is 0 Å². The van der Waals surface area contributed by atoms with Gasteiger partial charge in [0.1, 0.15) is 10.0 Å². The molecule has 0 unspecified atom stereocenters. The highest BCUT2D eigenvalue weighted by atomic mass is 32.1. The van der Waals surface area contributed by atoms with Crippen molar-refractivity contribution >= 4 is 61.2 Å². The van der Waals surface area contributed by atoms with E-state index in [4.69, 9.17) is 4.98 Å². The molecule has 4 aromatic rings. The van der Waals surface area contributed by atoms with Gasteiger partial charge in [-0.15, -0.1) is 34.0 Å². The summed E-state index contributed by atoms with van der Waals surface area (Å²) in [6, 6.07) is 12.2. The predicted molar refractivity (Wildman–Crippen MR) is 125 cm³/mol. The second-order valence-corrected chi connectivity index (χ2v) is 10.1. The van der Waals surface area contributed by atoms with Gasteiger partial charge in [-0.2, -0.15) is 0 Å². The first-order chi connectivity index (χ1) is 14.2. The molecule has 0 spiro atoms. The Bertz CT molecular complexity index is 1170. The van der Waals surface area contributed by atoms with Crippen molar-refractivity contribution in [2.24, 2.45) is 0 Å². The van der Waals surface area contributed by atoms with E-state index in [-0.39, 0.29) is 5.91 Å². The summed E-state index contributed by atoms with van der Waals surface area (Å²) in [6.45, 7) is 1.94. The lowest BCUT2D eigenvalue weighted by Gasteiger charge is -2.22. The fourth-order valence-electron chi connectivity index (χ4n) is 3.52. The van der Waals surface area contributed by atoms with E-state index in [0.29, 0.717) is 0 Å². The number of fused-ring (bicyclic) bond motifs is 2. The first-order valence-electron chi connectivity index (χ1n) is 9.39. The highest BCUT2D eigenvalue weighted by Gasteiger charge is 2.26. The van der Waals surface area contributed by atoms with Gasteiger partial charge >= 0.3 is 0 Å². The Morgan fingerprint density at radius 2 is 2.10 bits per heavy atom.